The third-order valence-corrected chi connectivity index (χ3v) is 2.83. The van der Waals surface area contributed by atoms with Gasteiger partial charge < -0.3 is 0 Å². The average molecular weight is 235 g/mol. The molecule has 0 atom stereocenters. The minimum absolute atomic E-state index is 0.0985. The summed E-state index contributed by atoms with van der Waals surface area (Å²) in [6.07, 6.45) is 3.09. The molecule has 2 rings (SSSR count). The van der Waals surface area contributed by atoms with Gasteiger partial charge in [0.1, 0.15) is 0 Å². The molecule has 0 aliphatic carbocycles. The number of alkyl halides is 1. The van der Waals surface area contributed by atoms with Gasteiger partial charge in [0.15, 0.2) is 0 Å². The van der Waals surface area contributed by atoms with Gasteiger partial charge in [0, 0.05) is 23.9 Å². The largest absolute Gasteiger partial charge is 0.289 e. The number of ketones is 1. The van der Waals surface area contributed by atoms with Gasteiger partial charge in [-0.05, 0) is 12.5 Å². The number of hydrogen-bond acceptors (Lipinski definition) is 3. The van der Waals surface area contributed by atoms with Crippen molar-refractivity contribution in [3.05, 3.63) is 35.4 Å². The van der Waals surface area contributed by atoms with Crippen molar-refractivity contribution in [2.75, 3.05) is 0 Å². The Bertz CT molecular complexity index is 450. The van der Waals surface area contributed by atoms with E-state index in [0.717, 1.165) is 5.56 Å². The molecule has 0 N–H and O–H groups in total. The van der Waals surface area contributed by atoms with Crippen LogP contribution < -0.4 is 0 Å². The van der Waals surface area contributed by atoms with Crippen molar-refractivity contribution >= 4 is 29.8 Å². The highest BCUT2D eigenvalue weighted by molar-refractivity contribution is 6.21. The zero-order valence-electron chi connectivity index (χ0n) is 8.85. The monoisotopic (exact) mass is 234 g/mol. The predicted molar refractivity (Wildman–Crippen MR) is 65.7 cm³/mol. The highest BCUT2D eigenvalue weighted by atomic mass is 35.5. The maximum atomic E-state index is 12.1. The number of aliphatic imine (C=N–C) groups is 2. The molecule has 82 valence electrons. The highest BCUT2D eigenvalue weighted by Gasteiger charge is 2.33. The molecule has 0 unspecified atom stereocenters. The Kier molecular flexibility index (Phi) is 2.88. The summed E-state index contributed by atoms with van der Waals surface area (Å²) >= 11 is 5.68. The van der Waals surface area contributed by atoms with Gasteiger partial charge in [-0.15, -0.1) is 11.6 Å². The fourth-order valence-electron chi connectivity index (χ4n) is 1.53. The molecule has 0 amide bonds. The molecule has 1 aliphatic rings. The molecule has 0 fully saturated rings. The second-order valence-electron chi connectivity index (χ2n) is 3.74. The molecule has 1 aliphatic heterocycles. The molecule has 0 aromatic heterocycles. The van der Waals surface area contributed by atoms with E-state index in [0.29, 0.717) is 11.4 Å². The van der Waals surface area contributed by atoms with Gasteiger partial charge in [-0.1, -0.05) is 24.3 Å². The van der Waals surface area contributed by atoms with Crippen LogP contribution in [-0.4, -0.2) is 23.9 Å². The SMILES string of the molecule is CC1(C(=O)c2ccc(CCl)cc2)N=CC=N1. The Labute approximate surface area is 98.9 Å². The van der Waals surface area contributed by atoms with Gasteiger partial charge in [0.25, 0.3) is 0 Å². The maximum absolute atomic E-state index is 12.1. The molecule has 1 aromatic carbocycles. The maximum Gasteiger partial charge on any atom is 0.212 e. The first-order valence-electron chi connectivity index (χ1n) is 4.94. The van der Waals surface area contributed by atoms with Crippen LogP contribution in [0.4, 0.5) is 0 Å². The van der Waals surface area contributed by atoms with Crippen LogP contribution in [-0.2, 0) is 5.88 Å². The number of carbonyl (C=O) groups is 1. The molecule has 16 heavy (non-hydrogen) atoms. The summed E-state index contributed by atoms with van der Waals surface area (Å²) in [6, 6.07) is 7.20. The summed E-state index contributed by atoms with van der Waals surface area (Å²) in [7, 11) is 0. The number of halogens is 1. The van der Waals surface area contributed by atoms with Crippen LogP contribution in [0.5, 0.6) is 0 Å². The molecular weight excluding hydrogens is 224 g/mol. The molecule has 1 aromatic rings. The van der Waals surface area contributed by atoms with Crippen molar-refractivity contribution < 1.29 is 4.79 Å². The van der Waals surface area contributed by atoms with Crippen molar-refractivity contribution in [2.45, 2.75) is 18.5 Å². The summed E-state index contributed by atoms with van der Waals surface area (Å²) in [5.74, 6) is 0.348. The van der Waals surface area contributed by atoms with E-state index in [1.54, 1.807) is 31.5 Å². The average Bonchev–Trinajstić information content (AvgIpc) is 2.77. The van der Waals surface area contributed by atoms with E-state index in [4.69, 9.17) is 11.6 Å². The number of hydrogen-bond donors (Lipinski definition) is 0. The second-order valence-corrected chi connectivity index (χ2v) is 4.00. The van der Waals surface area contributed by atoms with E-state index in [9.17, 15) is 4.79 Å². The van der Waals surface area contributed by atoms with Crippen LogP contribution in [0, 0.1) is 0 Å². The van der Waals surface area contributed by atoms with Gasteiger partial charge in [0.05, 0.1) is 0 Å². The van der Waals surface area contributed by atoms with Crippen molar-refractivity contribution in [3.63, 3.8) is 0 Å². The first-order valence-corrected chi connectivity index (χ1v) is 5.48. The van der Waals surface area contributed by atoms with Crippen LogP contribution in [0.15, 0.2) is 34.3 Å². The summed E-state index contributed by atoms with van der Waals surface area (Å²) in [5, 5.41) is 0. The lowest BCUT2D eigenvalue weighted by molar-refractivity contribution is 0.0911. The van der Waals surface area contributed by atoms with Crippen LogP contribution in [0.2, 0.25) is 0 Å². The van der Waals surface area contributed by atoms with Crippen LogP contribution in [0.1, 0.15) is 22.8 Å². The molecule has 0 saturated carbocycles. The van der Waals surface area contributed by atoms with E-state index in [-0.39, 0.29) is 5.78 Å². The Hall–Kier alpha value is -1.48. The van der Waals surface area contributed by atoms with E-state index in [2.05, 4.69) is 9.98 Å². The zero-order chi connectivity index (χ0) is 11.6. The van der Waals surface area contributed by atoms with E-state index >= 15 is 0 Å². The summed E-state index contributed by atoms with van der Waals surface area (Å²) in [4.78, 5) is 20.2. The number of nitrogens with zero attached hydrogens (tertiary/aromatic N) is 2. The summed E-state index contributed by atoms with van der Waals surface area (Å²) in [6.45, 7) is 1.70. The molecule has 1 heterocycles. The normalized spacial score (nSPS) is 16.6. The Morgan fingerprint density at radius 1 is 1.25 bits per heavy atom. The van der Waals surface area contributed by atoms with Crippen molar-refractivity contribution in [1.29, 1.82) is 0 Å². The zero-order valence-corrected chi connectivity index (χ0v) is 9.61. The Morgan fingerprint density at radius 3 is 2.31 bits per heavy atom. The predicted octanol–water partition coefficient (Wildman–Crippen LogP) is 2.48. The summed E-state index contributed by atoms with van der Waals surface area (Å²) < 4.78 is 0. The molecule has 0 saturated heterocycles. The Balaban J connectivity index is 2.27. The first-order chi connectivity index (χ1) is 7.65. The Morgan fingerprint density at radius 2 is 1.81 bits per heavy atom. The van der Waals surface area contributed by atoms with Gasteiger partial charge >= 0.3 is 0 Å². The lowest BCUT2D eigenvalue weighted by atomic mass is 10.00. The first kappa shape index (κ1) is 11.0. The van der Waals surface area contributed by atoms with Crippen molar-refractivity contribution in [3.8, 4) is 0 Å². The second kappa shape index (κ2) is 4.18. The summed E-state index contributed by atoms with van der Waals surface area (Å²) in [5.41, 5.74) is 0.608. The molecule has 0 bridgehead atoms. The third-order valence-electron chi connectivity index (χ3n) is 2.52. The molecule has 4 heteroatoms. The molecule has 0 spiro atoms. The van der Waals surface area contributed by atoms with E-state index < -0.39 is 5.66 Å². The number of carbonyl (C=O) groups excluding carboxylic acids is 1. The third kappa shape index (κ3) is 1.91. The highest BCUT2D eigenvalue weighted by Crippen LogP contribution is 2.21. The van der Waals surface area contributed by atoms with Gasteiger partial charge in [-0.3, -0.25) is 14.8 Å². The van der Waals surface area contributed by atoms with Crippen molar-refractivity contribution in [2.24, 2.45) is 9.98 Å². The standard InChI is InChI=1S/C12H11ClN2O/c1-12(14-6-7-15-12)11(16)10-4-2-9(8-13)3-5-10/h2-7H,8H2,1H3. The molecule has 0 radical (unpaired) electrons. The van der Waals surface area contributed by atoms with E-state index in [1.165, 1.54) is 0 Å². The van der Waals surface area contributed by atoms with Gasteiger partial charge in [0.2, 0.25) is 11.4 Å². The van der Waals surface area contributed by atoms with Crippen molar-refractivity contribution in [1.82, 2.24) is 0 Å². The smallest absolute Gasteiger partial charge is 0.212 e. The van der Waals surface area contributed by atoms with Crippen LogP contribution in [0.25, 0.3) is 0 Å². The number of Topliss-reactive ketones (excluding diaryl/α,β-unsaturated/α-hetero) is 1. The number of rotatable bonds is 3. The molecule has 3 nitrogen and oxygen atoms in total. The molecular formula is C12H11ClN2O. The fourth-order valence-corrected chi connectivity index (χ4v) is 1.70. The van der Waals surface area contributed by atoms with Crippen LogP contribution in [0.3, 0.4) is 0 Å². The minimum Gasteiger partial charge on any atom is -0.289 e. The fraction of sp³-hybridized carbons (Fsp3) is 0.250. The van der Waals surface area contributed by atoms with E-state index in [1.807, 2.05) is 12.1 Å². The van der Waals surface area contributed by atoms with Gasteiger partial charge in [-0.25, -0.2) is 0 Å². The number of benzene rings is 1. The topological polar surface area (TPSA) is 41.8 Å². The van der Waals surface area contributed by atoms with Gasteiger partial charge in [-0.2, -0.15) is 0 Å². The lowest BCUT2D eigenvalue weighted by Gasteiger charge is -2.15. The minimum atomic E-state index is -0.984. The lowest BCUT2D eigenvalue weighted by Crippen LogP contribution is -2.29. The quantitative estimate of drug-likeness (QED) is 0.585. The van der Waals surface area contributed by atoms with Crippen LogP contribution >= 0.6 is 11.6 Å².